The average molecular weight is 316 g/mol. The minimum absolute atomic E-state index is 0.316. The number of fused-ring (bicyclic) bond motifs is 2. The topological polar surface area (TPSA) is 39.4 Å². The molecule has 0 atom stereocenters. The highest BCUT2D eigenvalue weighted by atomic mass is 16.5. The first-order valence-electron chi connectivity index (χ1n) is 9.07. The van der Waals surface area contributed by atoms with E-state index in [1.807, 2.05) is 6.07 Å². The lowest BCUT2D eigenvalue weighted by Crippen LogP contribution is -2.04. The molecule has 2 rings (SSSR count). The van der Waals surface area contributed by atoms with E-state index in [2.05, 4.69) is 11.8 Å². The zero-order valence-corrected chi connectivity index (χ0v) is 14.1. The van der Waals surface area contributed by atoms with Gasteiger partial charge in [-0.2, -0.15) is 0 Å². The van der Waals surface area contributed by atoms with Crippen molar-refractivity contribution in [1.29, 1.82) is 0 Å². The molecule has 0 radical (unpaired) electrons. The zero-order chi connectivity index (χ0) is 16.2. The first-order chi connectivity index (χ1) is 11.3. The van der Waals surface area contributed by atoms with E-state index in [0.29, 0.717) is 12.4 Å². The third-order valence-electron chi connectivity index (χ3n) is 4.11. The van der Waals surface area contributed by atoms with Gasteiger partial charge in [-0.15, -0.1) is 11.8 Å². The van der Waals surface area contributed by atoms with Crippen LogP contribution >= 0.6 is 0 Å². The predicted octanol–water partition coefficient (Wildman–Crippen LogP) is 4.87. The first kappa shape index (κ1) is 17.7. The quantitative estimate of drug-likeness (QED) is 0.641. The molecule has 0 saturated carbocycles. The molecule has 0 N–H and O–H groups in total. The fourth-order valence-corrected chi connectivity index (χ4v) is 2.79. The van der Waals surface area contributed by atoms with Crippen LogP contribution in [0, 0.1) is 11.8 Å². The van der Waals surface area contributed by atoms with E-state index in [4.69, 9.17) is 9.15 Å². The van der Waals surface area contributed by atoms with Crippen LogP contribution in [-0.2, 0) is 6.42 Å². The third-order valence-corrected chi connectivity index (χ3v) is 4.11. The Morgan fingerprint density at radius 1 is 0.783 bits per heavy atom. The maximum absolute atomic E-state index is 11.6. The average Bonchev–Trinajstić information content (AvgIpc) is 2.53. The van der Waals surface area contributed by atoms with Gasteiger partial charge >= 0.3 is 5.63 Å². The van der Waals surface area contributed by atoms with Crippen LogP contribution in [0.25, 0.3) is 0 Å². The molecule has 0 spiro atoms. The van der Waals surface area contributed by atoms with E-state index in [9.17, 15) is 4.79 Å². The van der Waals surface area contributed by atoms with Gasteiger partial charge in [-0.25, -0.2) is 4.79 Å². The SMILES string of the molecule is O=c1cc2cc(o1)CCCCC#CCCCCCCCCCO2. The van der Waals surface area contributed by atoms with Crippen molar-refractivity contribution >= 4 is 0 Å². The van der Waals surface area contributed by atoms with Gasteiger partial charge in [0.15, 0.2) is 0 Å². The van der Waals surface area contributed by atoms with Crippen LogP contribution in [0.5, 0.6) is 5.75 Å². The number of aryl methyl sites for hydroxylation is 1. The summed E-state index contributed by atoms with van der Waals surface area (Å²) >= 11 is 0. The fourth-order valence-electron chi connectivity index (χ4n) is 2.79. The molecule has 126 valence electrons. The van der Waals surface area contributed by atoms with Gasteiger partial charge in [0.05, 0.1) is 12.7 Å². The van der Waals surface area contributed by atoms with E-state index >= 15 is 0 Å². The van der Waals surface area contributed by atoms with E-state index in [-0.39, 0.29) is 5.63 Å². The molecule has 2 heterocycles. The van der Waals surface area contributed by atoms with Gasteiger partial charge in [0.1, 0.15) is 11.5 Å². The second-order valence-electron chi connectivity index (χ2n) is 6.21. The number of hydrogen-bond acceptors (Lipinski definition) is 3. The Morgan fingerprint density at radius 2 is 1.43 bits per heavy atom. The lowest BCUT2D eigenvalue weighted by atomic mass is 10.1. The van der Waals surface area contributed by atoms with Gasteiger partial charge in [0, 0.05) is 25.3 Å². The monoisotopic (exact) mass is 316 g/mol. The van der Waals surface area contributed by atoms with Gasteiger partial charge in [-0.05, 0) is 25.7 Å². The van der Waals surface area contributed by atoms with Gasteiger partial charge in [-0.1, -0.05) is 32.1 Å². The normalized spacial score (nSPS) is 18.4. The summed E-state index contributed by atoms with van der Waals surface area (Å²) in [5.41, 5.74) is -0.316. The minimum Gasteiger partial charge on any atom is -0.493 e. The van der Waals surface area contributed by atoms with Crippen molar-refractivity contribution in [3.8, 4) is 17.6 Å². The van der Waals surface area contributed by atoms with Crippen molar-refractivity contribution in [2.24, 2.45) is 0 Å². The summed E-state index contributed by atoms with van der Waals surface area (Å²) in [6.45, 7) is 0.677. The summed E-state index contributed by atoms with van der Waals surface area (Å²) in [6.07, 6.45) is 13.4. The standard InChI is InChI=1S/C20H28O3/c21-20-17-19-16-18(23-20)14-12-10-8-6-4-2-1-3-5-7-9-11-13-15-22-19/h16-17H,1-3,5,7-15H2. The van der Waals surface area contributed by atoms with Gasteiger partial charge in [0.25, 0.3) is 0 Å². The highest BCUT2D eigenvalue weighted by Crippen LogP contribution is 2.14. The molecule has 3 nitrogen and oxygen atoms in total. The highest BCUT2D eigenvalue weighted by molar-refractivity contribution is 5.20. The molecule has 0 saturated heterocycles. The van der Waals surface area contributed by atoms with Crippen LogP contribution in [0.4, 0.5) is 0 Å². The fraction of sp³-hybridized carbons (Fsp3) is 0.650. The molecule has 1 aliphatic rings. The van der Waals surface area contributed by atoms with Gasteiger partial charge in [0.2, 0.25) is 0 Å². The summed E-state index contributed by atoms with van der Waals surface area (Å²) in [4.78, 5) is 11.6. The molecule has 3 heteroatoms. The second-order valence-corrected chi connectivity index (χ2v) is 6.21. The van der Waals surface area contributed by atoms with Gasteiger partial charge < -0.3 is 9.15 Å². The molecular weight excluding hydrogens is 288 g/mol. The predicted molar refractivity (Wildman–Crippen MR) is 92.7 cm³/mol. The first-order valence-corrected chi connectivity index (χ1v) is 9.07. The maximum atomic E-state index is 11.6. The number of ether oxygens (including phenoxy) is 1. The third kappa shape index (κ3) is 7.93. The molecule has 0 amide bonds. The Labute approximate surface area is 139 Å². The van der Waals surface area contributed by atoms with Crippen LogP contribution < -0.4 is 10.4 Å². The number of hydrogen-bond donors (Lipinski definition) is 0. The van der Waals surface area contributed by atoms with Crippen molar-refractivity contribution in [1.82, 2.24) is 0 Å². The summed E-state index contributed by atoms with van der Waals surface area (Å²) in [5, 5.41) is 0. The molecule has 0 aromatic carbocycles. The van der Waals surface area contributed by atoms with Crippen molar-refractivity contribution in [2.75, 3.05) is 6.61 Å². The summed E-state index contributed by atoms with van der Waals surface area (Å²) in [7, 11) is 0. The lowest BCUT2D eigenvalue weighted by molar-refractivity contribution is 0.298. The minimum atomic E-state index is -0.316. The molecular formula is C20H28O3. The lowest BCUT2D eigenvalue weighted by Gasteiger charge is -2.07. The van der Waals surface area contributed by atoms with Crippen LogP contribution in [0.15, 0.2) is 21.3 Å². The molecule has 23 heavy (non-hydrogen) atoms. The summed E-state index contributed by atoms with van der Waals surface area (Å²) < 4.78 is 11.0. The summed E-state index contributed by atoms with van der Waals surface area (Å²) in [6, 6.07) is 3.30. The number of rotatable bonds is 0. The van der Waals surface area contributed by atoms with Crippen molar-refractivity contribution in [3.05, 3.63) is 28.3 Å². The molecule has 0 unspecified atom stereocenters. The molecule has 1 aliphatic heterocycles. The Bertz CT molecular complexity index is 562. The van der Waals surface area contributed by atoms with E-state index < -0.39 is 0 Å². The molecule has 0 aliphatic carbocycles. The van der Waals surface area contributed by atoms with E-state index in [0.717, 1.165) is 44.3 Å². The van der Waals surface area contributed by atoms with Crippen LogP contribution in [0.3, 0.4) is 0 Å². The van der Waals surface area contributed by atoms with E-state index in [1.165, 1.54) is 44.6 Å². The Balaban J connectivity index is 1.89. The molecule has 1 aromatic heterocycles. The Morgan fingerprint density at radius 3 is 2.22 bits per heavy atom. The zero-order valence-electron chi connectivity index (χ0n) is 14.1. The van der Waals surface area contributed by atoms with Gasteiger partial charge in [-0.3, -0.25) is 0 Å². The second kappa shape index (κ2) is 10.9. The molecule has 2 bridgehead atoms. The molecule has 0 fully saturated rings. The smallest absolute Gasteiger partial charge is 0.339 e. The molecule has 1 aromatic rings. The maximum Gasteiger partial charge on any atom is 0.339 e. The Kier molecular flexibility index (Phi) is 8.40. The summed E-state index contributed by atoms with van der Waals surface area (Å²) in [5.74, 6) is 7.89. The van der Waals surface area contributed by atoms with Crippen LogP contribution in [0.1, 0.15) is 76.4 Å². The van der Waals surface area contributed by atoms with Crippen molar-refractivity contribution < 1.29 is 9.15 Å². The van der Waals surface area contributed by atoms with Crippen LogP contribution in [-0.4, -0.2) is 6.61 Å². The Hall–Kier alpha value is -1.69. The highest BCUT2D eigenvalue weighted by Gasteiger charge is 2.03. The van der Waals surface area contributed by atoms with Crippen LogP contribution in [0.2, 0.25) is 0 Å². The largest absolute Gasteiger partial charge is 0.493 e. The van der Waals surface area contributed by atoms with Crippen molar-refractivity contribution in [3.63, 3.8) is 0 Å². The van der Waals surface area contributed by atoms with Crippen molar-refractivity contribution in [2.45, 2.75) is 77.0 Å². The van der Waals surface area contributed by atoms with E-state index in [1.54, 1.807) is 0 Å².